The first-order valence-corrected chi connectivity index (χ1v) is 9.81. The van der Waals surface area contributed by atoms with E-state index in [-0.39, 0.29) is 42.6 Å². The predicted octanol–water partition coefficient (Wildman–Crippen LogP) is -2.82. The molecule has 0 spiro atoms. The SMILES string of the molecule is CC1=C(C(c2ccccc2)(c2ccccc2)c2ccccc2)CC=[C]1[Ti+3].[Cl-].[Cl-].[Cl-]. The molecule has 1 aliphatic carbocycles. The Morgan fingerprint density at radius 3 is 1.24 bits per heavy atom. The largest absolute Gasteiger partial charge is 1.00 e. The molecule has 0 saturated carbocycles. The molecule has 0 aromatic heterocycles. The van der Waals surface area contributed by atoms with E-state index in [1.54, 1.807) is 0 Å². The second-order valence-corrected chi connectivity index (χ2v) is 7.61. The Balaban J connectivity index is 0.00000140. The maximum absolute atomic E-state index is 2.37. The Bertz CT molecular complexity index is 868. The minimum absolute atomic E-state index is 0. The maximum atomic E-state index is 2.37. The number of hydrogen-bond donors (Lipinski definition) is 0. The van der Waals surface area contributed by atoms with Gasteiger partial charge >= 0.3 is 168 Å². The van der Waals surface area contributed by atoms with Crippen molar-refractivity contribution in [1.82, 2.24) is 0 Å². The Kier molecular flexibility index (Phi) is 9.95. The molecule has 0 aliphatic heterocycles. The van der Waals surface area contributed by atoms with Gasteiger partial charge in [0.1, 0.15) is 0 Å². The van der Waals surface area contributed by atoms with E-state index < -0.39 is 0 Å². The van der Waals surface area contributed by atoms with Crippen LogP contribution in [0, 0.1) is 0 Å². The molecule has 4 rings (SSSR count). The van der Waals surface area contributed by atoms with Gasteiger partial charge in [-0.15, -0.1) is 0 Å². The minimum atomic E-state index is -0.262. The monoisotopic (exact) mass is 474 g/mol. The molecule has 0 fully saturated rings. The number of rotatable bonds is 4. The Morgan fingerprint density at radius 1 is 0.621 bits per heavy atom. The first kappa shape index (κ1) is 25.8. The Morgan fingerprint density at radius 2 is 0.966 bits per heavy atom. The van der Waals surface area contributed by atoms with Crippen LogP contribution in [0.5, 0.6) is 0 Å². The predicted molar refractivity (Wildman–Crippen MR) is 105 cm³/mol. The Hall–Kier alpha value is -1.28. The van der Waals surface area contributed by atoms with Crippen molar-refractivity contribution >= 4 is 0 Å². The zero-order valence-corrected chi connectivity index (χ0v) is 19.9. The fourth-order valence-corrected chi connectivity index (χ4v) is 4.59. The summed E-state index contributed by atoms with van der Waals surface area (Å²) in [5.74, 6) is 0. The molecule has 3 aromatic carbocycles. The van der Waals surface area contributed by atoms with Crippen LogP contribution in [0.1, 0.15) is 30.0 Å². The van der Waals surface area contributed by atoms with Crippen LogP contribution in [0.2, 0.25) is 0 Å². The molecular weight excluding hydrogens is 455 g/mol. The quantitative estimate of drug-likeness (QED) is 0.282. The van der Waals surface area contributed by atoms with E-state index in [0.717, 1.165) is 6.42 Å². The summed E-state index contributed by atoms with van der Waals surface area (Å²) in [5, 5.41) is 0. The topological polar surface area (TPSA) is 0 Å². The zero-order valence-electron chi connectivity index (χ0n) is 16.1. The van der Waals surface area contributed by atoms with Crippen LogP contribution >= 0.6 is 0 Å². The van der Waals surface area contributed by atoms with E-state index in [2.05, 4.69) is 124 Å². The number of hydrogen-bond acceptors (Lipinski definition) is 0. The number of benzene rings is 3. The van der Waals surface area contributed by atoms with Gasteiger partial charge in [0.05, 0.1) is 0 Å². The molecule has 0 saturated heterocycles. The second-order valence-electron chi connectivity index (χ2n) is 6.77. The summed E-state index contributed by atoms with van der Waals surface area (Å²) in [6.45, 7) is 2.28. The fourth-order valence-electron chi connectivity index (χ4n) is 4.19. The van der Waals surface area contributed by atoms with Crippen LogP contribution in [0.3, 0.4) is 0 Å². The van der Waals surface area contributed by atoms with E-state index >= 15 is 0 Å². The number of halogens is 3. The van der Waals surface area contributed by atoms with Crippen molar-refractivity contribution in [2.24, 2.45) is 0 Å². The summed E-state index contributed by atoms with van der Waals surface area (Å²) in [7, 11) is 0. The van der Waals surface area contributed by atoms with Gasteiger partial charge in [-0.1, -0.05) is 0 Å². The summed E-state index contributed by atoms with van der Waals surface area (Å²) in [6.07, 6.45) is 3.37. The molecule has 0 N–H and O–H groups in total. The van der Waals surface area contributed by atoms with Gasteiger partial charge in [-0.05, 0) is 0 Å². The van der Waals surface area contributed by atoms with Crippen LogP contribution in [0.15, 0.2) is 112 Å². The van der Waals surface area contributed by atoms with E-state index in [0.29, 0.717) is 0 Å². The molecular formula is C25H21Cl3Ti. The van der Waals surface area contributed by atoms with E-state index in [9.17, 15) is 0 Å². The van der Waals surface area contributed by atoms with Crippen LogP contribution in [0.25, 0.3) is 0 Å². The first-order valence-electron chi connectivity index (χ1n) is 9.03. The van der Waals surface area contributed by atoms with Gasteiger partial charge in [0, 0.05) is 0 Å². The van der Waals surface area contributed by atoms with Crippen molar-refractivity contribution in [3.63, 3.8) is 0 Å². The molecule has 0 nitrogen and oxygen atoms in total. The number of allylic oxidation sites excluding steroid dienone is 4. The molecule has 0 bridgehead atoms. The third-order valence-electron chi connectivity index (χ3n) is 5.44. The van der Waals surface area contributed by atoms with E-state index in [1.165, 1.54) is 31.7 Å². The van der Waals surface area contributed by atoms with Gasteiger partial charge in [-0.2, -0.15) is 0 Å². The van der Waals surface area contributed by atoms with Gasteiger partial charge in [-0.3, -0.25) is 0 Å². The van der Waals surface area contributed by atoms with Gasteiger partial charge in [-0.25, -0.2) is 0 Å². The fraction of sp³-hybridized carbons (Fsp3) is 0.120. The van der Waals surface area contributed by atoms with Gasteiger partial charge in [0.25, 0.3) is 0 Å². The van der Waals surface area contributed by atoms with E-state index in [1.807, 2.05) is 0 Å². The van der Waals surface area contributed by atoms with Crippen molar-refractivity contribution in [2.75, 3.05) is 0 Å². The molecule has 0 unspecified atom stereocenters. The molecule has 0 atom stereocenters. The molecule has 0 amide bonds. The first-order chi connectivity index (χ1) is 12.7. The standard InChI is InChI=1S/C25H21.3ClH.Ti/c1-20-12-11-19-24(20)25(21-13-5-2-6-14-21,22-15-7-3-8-16-22)23-17-9-4-10-18-23;;;;/h2-11,13-18H,19H2,1H3;3*1H;/q;;;;+3/p-3. The van der Waals surface area contributed by atoms with E-state index in [4.69, 9.17) is 0 Å². The average molecular weight is 476 g/mol. The van der Waals surface area contributed by atoms with Crippen molar-refractivity contribution in [3.8, 4) is 0 Å². The molecule has 146 valence electrons. The maximum Gasteiger partial charge on any atom is -1.00 e. The summed E-state index contributed by atoms with van der Waals surface area (Å²) < 4.78 is 1.40. The van der Waals surface area contributed by atoms with Crippen LogP contribution in [0.4, 0.5) is 0 Å². The zero-order chi connectivity index (χ0) is 18.0. The second kappa shape index (κ2) is 11.2. The molecule has 1 aliphatic rings. The van der Waals surface area contributed by atoms with Crippen molar-refractivity contribution in [1.29, 1.82) is 0 Å². The van der Waals surface area contributed by atoms with Gasteiger partial charge in [0.2, 0.25) is 0 Å². The molecule has 29 heavy (non-hydrogen) atoms. The third kappa shape index (κ3) is 4.58. The third-order valence-corrected chi connectivity index (χ3v) is 6.34. The minimum Gasteiger partial charge on any atom is -1.00 e. The van der Waals surface area contributed by atoms with Gasteiger partial charge < -0.3 is 37.2 Å². The molecule has 3 aromatic rings. The average Bonchev–Trinajstić information content (AvgIpc) is 3.04. The van der Waals surface area contributed by atoms with Crippen LogP contribution in [-0.4, -0.2) is 0 Å². The van der Waals surface area contributed by atoms with Crippen molar-refractivity contribution in [2.45, 2.75) is 18.8 Å². The summed E-state index contributed by atoms with van der Waals surface area (Å²) >= 11 is 2.23. The molecule has 4 heteroatoms. The molecule has 0 radical (unpaired) electrons. The summed E-state index contributed by atoms with van der Waals surface area (Å²) in [4.78, 5) is 0. The Labute approximate surface area is 204 Å². The van der Waals surface area contributed by atoms with Crippen LogP contribution < -0.4 is 37.2 Å². The van der Waals surface area contributed by atoms with Gasteiger partial charge in [0.15, 0.2) is 0 Å². The molecule has 0 heterocycles. The van der Waals surface area contributed by atoms with Crippen molar-refractivity contribution in [3.05, 3.63) is 129 Å². The summed E-state index contributed by atoms with van der Waals surface area (Å²) in [6, 6.07) is 32.9. The van der Waals surface area contributed by atoms with Crippen LogP contribution in [-0.2, 0) is 25.9 Å². The smallest absolute Gasteiger partial charge is 1.00 e. The normalized spacial score (nSPS) is 13.0. The summed E-state index contributed by atoms with van der Waals surface area (Å²) in [5.41, 5.74) is 6.63. The van der Waals surface area contributed by atoms with Crippen molar-refractivity contribution < 1.29 is 57.7 Å².